The fourth-order valence-corrected chi connectivity index (χ4v) is 2.80. The van der Waals surface area contributed by atoms with Crippen LogP contribution in [0.4, 0.5) is 17.1 Å². The van der Waals surface area contributed by atoms with Crippen molar-refractivity contribution < 1.29 is 9.59 Å². The predicted octanol–water partition coefficient (Wildman–Crippen LogP) is 4.12. The minimum absolute atomic E-state index is 0.0373. The van der Waals surface area contributed by atoms with Crippen molar-refractivity contribution in [1.82, 2.24) is 5.32 Å². The van der Waals surface area contributed by atoms with Crippen LogP contribution in [-0.2, 0) is 4.79 Å². The van der Waals surface area contributed by atoms with Crippen LogP contribution >= 0.6 is 0 Å². The number of hydrogen-bond acceptors (Lipinski definition) is 3. The Labute approximate surface area is 153 Å². The third kappa shape index (κ3) is 3.94. The first-order valence-corrected chi connectivity index (χ1v) is 8.49. The zero-order valence-electron chi connectivity index (χ0n) is 15.2. The molecule has 5 nitrogen and oxygen atoms in total. The third-order valence-electron chi connectivity index (χ3n) is 3.97. The molecule has 26 heavy (non-hydrogen) atoms. The van der Waals surface area contributed by atoms with Gasteiger partial charge in [-0.1, -0.05) is 32.9 Å². The number of hydrogen-bond donors (Lipinski definition) is 2. The average molecular weight is 348 g/mol. The number of nitrogen functional groups attached to an aromatic ring is 1. The summed E-state index contributed by atoms with van der Waals surface area (Å²) in [6.45, 7) is 6.05. The van der Waals surface area contributed by atoms with Gasteiger partial charge >= 0.3 is 0 Å². The number of nitrogens with one attached hydrogen (secondary N) is 1. The molecule has 1 heterocycles. The molecule has 0 fully saturated rings. The Balaban J connectivity index is 1.78. The zero-order valence-corrected chi connectivity index (χ0v) is 15.2. The number of anilines is 2. The van der Waals surface area contributed by atoms with Gasteiger partial charge in [0.15, 0.2) is 0 Å². The standard InChI is InChI=1S/C21H22N3O2/c1-21(2,3)12-19(25)23-14-8-9-17-13(10-14)11-18(24-17)20(26)15-6-4-5-7-16(15)22/h4-11H,12,22H2,1-3H3,(H,23,25). The molecule has 0 unspecified atom stereocenters. The summed E-state index contributed by atoms with van der Waals surface area (Å²) >= 11 is 0. The summed E-state index contributed by atoms with van der Waals surface area (Å²) in [6, 6.07) is 12.4. The van der Waals surface area contributed by atoms with Gasteiger partial charge in [0.1, 0.15) is 5.70 Å². The fourth-order valence-electron chi connectivity index (χ4n) is 2.80. The van der Waals surface area contributed by atoms with Crippen molar-refractivity contribution >= 4 is 34.8 Å². The van der Waals surface area contributed by atoms with Crippen LogP contribution < -0.4 is 16.4 Å². The predicted molar refractivity (Wildman–Crippen MR) is 104 cm³/mol. The van der Waals surface area contributed by atoms with E-state index in [1.54, 1.807) is 42.5 Å². The average Bonchev–Trinajstić information content (AvgIpc) is 2.96. The van der Waals surface area contributed by atoms with Crippen LogP contribution in [0.2, 0.25) is 0 Å². The van der Waals surface area contributed by atoms with Crippen molar-refractivity contribution in [2.24, 2.45) is 5.41 Å². The number of ketones is 1. The molecule has 3 rings (SSSR count). The van der Waals surface area contributed by atoms with Crippen molar-refractivity contribution in [1.29, 1.82) is 0 Å². The van der Waals surface area contributed by atoms with E-state index in [-0.39, 0.29) is 17.1 Å². The Morgan fingerprint density at radius 1 is 1.12 bits per heavy atom. The molecule has 2 aromatic carbocycles. The van der Waals surface area contributed by atoms with Gasteiger partial charge in [-0.25, -0.2) is 5.32 Å². The summed E-state index contributed by atoms with van der Waals surface area (Å²) < 4.78 is 0. The molecule has 0 aromatic heterocycles. The molecule has 0 spiro atoms. The number of nitrogens with two attached hydrogens (primary N) is 1. The summed E-state index contributed by atoms with van der Waals surface area (Å²) in [5, 5.41) is 7.29. The number of carbonyl (C=O) groups is 2. The highest BCUT2D eigenvalue weighted by Crippen LogP contribution is 2.32. The highest BCUT2D eigenvalue weighted by atomic mass is 16.1. The van der Waals surface area contributed by atoms with E-state index in [1.165, 1.54) is 0 Å². The van der Waals surface area contributed by atoms with E-state index >= 15 is 0 Å². The number of rotatable bonds is 4. The quantitative estimate of drug-likeness (QED) is 0.644. The maximum Gasteiger partial charge on any atom is 0.224 e. The first-order valence-electron chi connectivity index (χ1n) is 8.49. The number of nitrogens with zero attached hydrogens (tertiary/aromatic N) is 1. The SMILES string of the molecule is CC(C)(C)CC(=O)Nc1ccc2c(c1)C=C(C(=O)c1ccccc1N)[N]2. The van der Waals surface area contributed by atoms with Gasteiger partial charge in [0.05, 0.1) is 5.69 Å². The molecule has 1 amide bonds. The van der Waals surface area contributed by atoms with E-state index in [2.05, 4.69) is 10.6 Å². The number of fused-ring (bicyclic) bond motifs is 1. The maximum atomic E-state index is 12.6. The molecule has 1 aliphatic heterocycles. The lowest BCUT2D eigenvalue weighted by Gasteiger charge is -2.17. The minimum atomic E-state index is -0.211. The summed E-state index contributed by atoms with van der Waals surface area (Å²) in [5.41, 5.74) is 9.22. The van der Waals surface area contributed by atoms with Gasteiger partial charge in [0.2, 0.25) is 11.7 Å². The minimum Gasteiger partial charge on any atom is -0.398 e. The highest BCUT2D eigenvalue weighted by molar-refractivity contribution is 6.15. The second-order valence-corrected chi connectivity index (χ2v) is 7.62. The summed E-state index contributed by atoms with van der Waals surface area (Å²) in [5.74, 6) is -0.248. The van der Waals surface area contributed by atoms with Crippen molar-refractivity contribution in [2.75, 3.05) is 11.1 Å². The molecular weight excluding hydrogens is 326 g/mol. The first kappa shape index (κ1) is 17.7. The molecule has 0 saturated carbocycles. The van der Waals surface area contributed by atoms with Gasteiger partial charge in [-0.15, -0.1) is 0 Å². The molecule has 0 bridgehead atoms. The summed E-state index contributed by atoms with van der Waals surface area (Å²) in [4.78, 5) is 24.7. The monoisotopic (exact) mass is 348 g/mol. The van der Waals surface area contributed by atoms with Crippen LogP contribution in [-0.4, -0.2) is 11.7 Å². The van der Waals surface area contributed by atoms with Crippen LogP contribution in [0.5, 0.6) is 0 Å². The molecule has 3 N–H and O–H groups in total. The van der Waals surface area contributed by atoms with Crippen LogP contribution in [0.25, 0.3) is 6.08 Å². The topological polar surface area (TPSA) is 86.3 Å². The van der Waals surface area contributed by atoms with E-state index in [4.69, 9.17) is 5.73 Å². The number of benzene rings is 2. The molecule has 1 radical (unpaired) electrons. The molecule has 2 aromatic rings. The van der Waals surface area contributed by atoms with E-state index < -0.39 is 0 Å². The van der Waals surface area contributed by atoms with E-state index in [1.807, 2.05) is 26.8 Å². The third-order valence-corrected chi connectivity index (χ3v) is 3.97. The number of carbonyl (C=O) groups excluding carboxylic acids is 2. The zero-order chi connectivity index (χ0) is 18.9. The molecule has 0 saturated heterocycles. The number of allylic oxidation sites excluding steroid dienone is 1. The van der Waals surface area contributed by atoms with Crippen molar-refractivity contribution in [3.63, 3.8) is 0 Å². The Hall–Kier alpha value is -3.08. The van der Waals surface area contributed by atoms with Gasteiger partial charge < -0.3 is 11.1 Å². The highest BCUT2D eigenvalue weighted by Gasteiger charge is 2.23. The molecule has 5 heteroatoms. The number of amides is 1. The Morgan fingerprint density at radius 2 is 1.85 bits per heavy atom. The van der Waals surface area contributed by atoms with Gasteiger partial charge in [0, 0.05) is 28.9 Å². The van der Waals surface area contributed by atoms with Crippen LogP contribution in [0.15, 0.2) is 48.2 Å². The second kappa shape index (κ2) is 6.67. The van der Waals surface area contributed by atoms with Crippen molar-refractivity contribution in [2.45, 2.75) is 27.2 Å². The van der Waals surface area contributed by atoms with Crippen molar-refractivity contribution in [3.8, 4) is 0 Å². The lowest BCUT2D eigenvalue weighted by Crippen LogP contribution is -2.19. The molecular formula is C21H22N3O2. The second-order valence-electron chi connectivity index (χ2n) is 7.62. The van der Waals surface area contributed by atoms with Gasteiger partial charge in [-0.2, -0.15) is 0 Å². The molecule has 0 atom stereocenters. The van der Waals surface area contributed by atoms with Gasteiger partial charge in [-0.3, -0.25) is 9.59 Å². The van der Waals surface area contributed by atoms with Gasteiger partial charge in [-0.05, 0) is 41.8 Å². The van der Waals surface area contributed by atoms with E-state index in [9.17, 15) is 9.59 Å². The smallest absolute Gasteiger partial charge is 0.224 e. The van der Waals surface area contributed by atoms with Crippen LogP contribution in [0.3, 0.4) is 0 Å². The molecule has 133 valence electrons. The van der Waals surface area contributed by atoms with Crippen molar-refractivity contribution in [3.05, 3.63) is 59.3 Å². The summed E-state index contributed by atoms with van der Waals surface area (Å²) in [6.07, 6.45) is 2.16. The van der Waals surface area contributed by atoms with Crippen LogP contribution in [0, 0.1) is 5.41 Å². The first-order chi connectivity index (χ1) is 12.2. The summed E-state index contributed by atoms with van der Waals surface area (Å²) in [7, 11) is 0. The molecule has 1 aliphatic rings. The Bertz CT molecular complexity index is 908. The largest absolute Gasteiger partial charge is 0.398 e. The van der Waals surface area contributed by atoms with Gasteiger partial charge in [0.25, 0.3) is 0 Å². The maximum absolute atomic E-state index is 12.6. The lowest BCUT2D eigenvalue weighted by molar-refractivity contribution is -0.117. The van der Waals surface area contributed by atoms with E-state index in [0.717, 1.165) is 5.56 Å². The number of Topliss-reactive ketones (excluding diaryl/α,β-unsaturated/α-hetero) is 1. The molecule has 0 aliphatic carbocycles. The normalized spacial score (nSPS) is 12.8. The Morgan fingerprint density at radius 3 is 2.54 bits per heavy atom. The number of para-hydroxylation sites is 1. The lowest BCUT2D eigenvalue weighted by atomic mass is 9.92. The van der Waals surface area contributed by atoms with E-state index in [0.29, 0.717) is 34.7 Å². The fraction of sp³-hybridized carbons (Fsp3) is 0.238. The Kier molecular flexibility index (Phi) is 4.55. The van der Waals surface area contributed by atoms with Crippen LogP contribution in [0.1, 0.15) is 43.1 Å².